The van der Waals surface area contributed by atoms with Crippen molar-refractivity contribution in [3.8, 4) is 11.1 Å². The zero-order chi connectivity index (χ0) is 23.8. The second kappa shape index (κ2) is 8.67. The Morgan fingerprint density at radius 2 is 1.64 bits per heavy atom. The molecule has 1 aliphatic carbocycles. The Hall–Kier alpha value is -3.72. The van der Waals surface area contributed by atoms with Gasteiger partial charge in [0.2, 0.25) is 5.91 Å². The molecule has 2 aromatic carbocycles. The van der Waals surface area contributed by atoms with E-state index in [1.54, 1.807) is 6.92 Å². The quantitative estimate of drug-likeness (QED) is 0.497. The number of anilines is 1. The predicted octanol–water partition coefficient (Wildman–Crippen LogP) is 4.41. The third kappa shape index (κ3) is 4.31. The van der Waals surface area contributed by atoms with Crippen LogP contribution in [0.3, 0.4) is 0 Å². The van der Waals surface area contributed by atoms with Crippen LogP contribution in [0.25, 0.3) is 11.1 Å². The minimum Gasteiger partial charge on any atom is -0.478 e. The molecule has 0 atom stereocenters. The standard InChI is InChI=1S/C24H23N3O5S/c1-13-19(21(28)29)20(33-27-13)25-22(30)24(2,3)26-23(31)32-12-18-16-10-6-4-8-14(16)15-9-5-7-11-17(15)18/h4-11,18H,12H2,1-3H3,(H,25,30)(H,26,31)(H,28,29). The van der Waals surface area contributed by atoms with Gasteiger partial charge in [-0.15, -0.1) is 0 Å². The lowest BCUT2D eigenvalue weighted by molar-refractivity contribution is -0.121. The van der Waals surface area contributed by atoms with Gasteiger partial charge in [-0.05, 0) is 54.6 Å². The van der Waals surface area contributed by atoms with E-state index < -0.39 is 23.5 Å². The molecule has 4 rings (SSSR count). The van der Waals surface area contributed by atoms with Gasteiger partial charge in [0.1, 0.15) is 22.7 Å². The SMILES string of the molecule is Cc1nsc(NC(=O)C(C)(C)NC(=O)OCC2c3ccccc3-c3ccccc32)c1C(=O)O. The van der Waals surface area contributed by atoms with Gasteiger partial charge in [0.15, 0.2) is 0 Å². The van der Waals surface area contributed by atoms with Gasteiger partial charge in [-0.2, -0.15) is 4.37 Å². The Kier molecular flexibility index (Phi) is 5.90. The minimum absolute atomic E-state index is 0.0645. The summed E-state index contributed by atoms with van der Waals surface area (Å²) in [5, 5.41) is 14.6. The summed E-state index contributed by atoms with van der Waals surface area (Å²) in [4.78, 5) is 36.7. The predicted molar refractivity (Wildman–Crippen MR) is 125 cm³/mol. The summed E-state index contributed by atoms with van der Waals surface area (Å²) < 4.78 is 9.49. The molecule has 9 heteroatoms. The molecule has 1 heterocycles. The number of rotatable bonds is 6. The summed E-state index contributed by atoms with van der Waals surface area (Å²) in [5.41, 5.74) is 3.31. The summed E-state index contributed by atoms with van der Waals surface area (Å²) in [6.45, 7) is 4.70. The fraction of sp³-hybridized carbons (Fsp3) is 0.250. The number of aromatic nitrogens is 1. The second-order valence-corrected chi connectivity index (χ2v) is 9.08. The molecule has 0 radical (unpaired) electrons. The van der Waals surface area contributed by atoms with E-state index in [2.05, 4.69) is 15.0 Å². The molecule has 0 spiro atoms. The topological polar surface area (TPSA) is 118 Å². The highest BCUT2D eigenvalue weighted by molar-refractivity contribution is 7.11. The monoisotopic (exact) mass is 465 g/mol. The van der Waals surface area contributed by atoms with Crippen molar-refractivity contribution in [2.75, 3.05) is 11.9 Å². The van der Waals surface area contributed by atoms with Crippen molar-refractivity contribution in [3.63, 3.8) is 0 Å². The molecule has 0 aliphatic heterocycles. The highest BCUT2D eigenvalue weighted by Crippen LogP contribution is 2.44. The van der Waals surface area contributed by atoms with Crippen molar-refractivity contribution >= 4 is 34.5 Å². The number of nitrogens with one attached hydrogen (secondary N) is 2. The van der Waals surface area contributed by atoms with Crippen molar-refractivity contribution in [3.05, 3.63) is 70.9 Å². The number of carboxylic acids is 1. The summed E-state index contributed by atoms with van der Waals surface area (Å²) >= 11 is 0.875. The van der Waals surface area contributed by atoms with Crippen LogP contribution in [0.15, 0.2) is 48.5 Å². The molecule has 0 bridgehead atoms. The molecular weight excluding hydrogens is 442 g/mol. The fourth-order valence-corrected chi connectivity index (χ4v) is 4.70. The zero-order valence-electron chi connectivity index (χ0n) is 18.3. The van der Waals surface area contributed by atoms with Gasteiger partial charge < -0.3 is 20.5 Å². The first kappa shape index (κ1) is 22.5. The average Bonchev–Trinajstić information content (AvgIpc) is 3.29. The molecule has 1 aromatic heterocycles. The van der Waals surface area contributed by atoms with Crippen molar-refractivity contribution < 1.29 is 24.2 Å². The number of aromatic carboxylic acids is 1. The van der Waals surface area contributed by atoms with E-state index in [0.717, 1.165) is 33.8 Å². The number of carbonyl (C=O) groups is 3. The van der Waals surface area contributed by atoms with Crippen LogP contribution in [0, 0.1) is 6.92 Å². The number of fused-ring (bicyclic) bond motifs is 3. The first-order valence-corrected chi connectivity index (χ1v) is 11.1. The molecule has 3 aromatic rings. The number of carbonyl (C=O) groups excluding carboxylic acids is 2. The second-order valence-electron chi connectivity index (χ2n) is 8.31. The first-order chi connectivity index (χ1) is 15.7. The lowest BCUT2D eigenvalue weighted by atomic mass is 9.98. The molecule has 0 saturated carbocycles. The van der Waals surface area contributed by atoms with Crippen molar-refractivity contribution in [2.24, 2.45) is 0 Å². The first-order valence-electron chi connectivity index (χ1n) is 10.3. The van der Waals surface area contributed by atoms with Crippen LogP contribution < -0.4 is 10.6 Å². The van der Waals surface area contributed by atoms with Crippen molar-refractivity contribution in [1.82, 2.24) is 9.69 Å². The molecule has 1 aliphatic rings. The fourth-order valence-electron chi connectivity index (χ4n) is 3.91. The maximum absolute atomic E-state index is 12.7. The van der Waals surface area contributed by atoms with E-state index in [-0.39, 0.29) is 23.1 Å². The molecule has 0 unspecified atom stereocenters. The van der Waals surface area contributed by atoms with E-state index in [0.29, 0.717) is 5.69 Å². The van der Waals surface area contributed by atoms with Gasteiger partial charge in [-0.3, -0.25) is 4.79 Å². The maximum Gasteiger partial charge on any atom is 0.408 e. The molecule has 2 amide bonds. The normalized spacial score (nSPS) is 12.6. The van der Waals surface area contributed by atoms with E-state index in [1.807, 2.05) is 48.5 Å². The number of amides is 2. The van der Waals surface area contributed by atoms with E-state index in [4.69, 9.17) is 4.74 Å². The van der Waals surface area contributed by atoms with Crippen LogP contribution >= 0.6 is 11.5 Å². The van der Waals surface area contributed by atoms with Gasteiger partial charge >= 0.3 is 12.1 Å². The number of nitrogens with zero attached hydrogens (tertiary/aromatic N) is 1. The number of ether oxygens (including phenoxy) is 1. The third-order valence-corrected chi connectivity index (χ3v) is 6.48. The van der Waals surface area contributed by atoms with E-state index in [1.165, 1.54) is 13.8 Å². The van der Waals surface area contributed by atoms with Gasteiger partial charge in [-0.25, -0.2) is 9.59 Å². The van der Waals surface area contributed by atoms with Gasteiger partial charge in [-0.1, -0.05) is 48.5 Å². The molecule has 170 valence electrons. The number of alkyl carbamates (subject to hydrolysis) is 1. The van der Waals surface area contributed by atoms with Gasteiger partial charge in [0.25, 0.3) is 0 Å². The Bertz CT molecular complexity index is 1200. The molecular formula is C24H23N3O5S. The lowest BCUT2D eigenvalue weighted by Crippen LogP contribution is -2.52. The minimum atomic E-state index is -1.35. The van der Waals surface area contributed by atoms with Crippen molar-refractivity contribution in [2.45, 2.75) is 32.2 Å². The Morgan fingerprint density at radius 1 is 1.06 bits per heavy atom. The zero-order valence-corrected chi connectivity index (χ0v) is 19.2. The number of aryl methyl sites for hydroxylation is 1. The molecule has 8 nitrogen and oxygen atoms in total. The summed E-state index contributed by atoms with van der Waals surface area (Å²) in [6, 6.07) is 16.0. The summed E-state index contributed by atoms with van der Waals surface area (Å²) in [6.07, 6.45) is -0.740. The molecule has 33 heavy (non-hydrogen) atoms. The third-order valence-electron chi connectivity index (χ3n) is 5.63. The molecule has 0 fully saturated rings. The Morgan fingerprint density at radius 3 is 2.21 bits per heavy atom. The van der Waals surface area contributed by atoms with Crippen LogP contribution in [-0.4, -0.2) is 39.6 Å². The number of carboxylic acid groups (broad SMARTS) is 1. The van der Waals surface area contributed by atoms with Gasteiger partial charge in [0, 0.05) is 5.92 Å². The van der Waals surface area contributed by atoms with Crippen LogP contribution in [0.2, 0.25) is 0 Å². The largest absolute Gasteiger partial charge is 0.478 e. The molecule has 0 saturated heterocycles. The summed E-state index contributed by atoms with van der Waals surface area (Å²) in [7, 11) is 0. The highest BCUT2D eigenvalue weighted by atomic mass is 32.1. The maximum atomic E-state index is 12.7. The van der Waals surface area contributed by atoms with Crippen LogP contribution in [0.5, 0.6) is 0 Å². The Balaban J connectivity index is 1.42. The number of hydrogen-bond acceptors (Lipinski definition) is 6. The Labute approximate surface area is 194 Å². The average molecular weight is 466 g/mol. The van der Waals surface area contributed by atoms with Crippen LogP contribution in [-0.2, 0) is 9.53 Å². The number of hydrogen-bond donors (Lipinski definition) is 3. The van der Waals surface area contributed by atoms with Crippen LogP contribution in [0.4, 0.5) is 9.80 Å². The lowest BCUT2D eigenvalue weighted by Gasteiger charge is -2.25. The summed E-state index contributed by atoms with van der Waals surface area (Å²) in [5.74, 6) is -1.86. The van der Waals surface area contributed by atoms with Gasteiger partial charge in [0.05, 0.1) is 5.69 Å². The van der Waals surface area contributed by atoms with Crippen LogP contribution in [0.1, 0.15) is 46.9 Å². The van der Waals surface area contributed by atoms with E-state index in [9.17, 15) is 19.5 Å². The number of benzene rings is 2. The smallest absolute Gasteiger partial charge is 0.408 e. The highest BCUT2D eigenvalue weighted by Gasteiger charge is 2.33. The molecule has 3 N–H and O–H groups in total. The van der Waals surface area contributed by atoms with E-state index >= 15 is 0 Å². The van der Waals surface area contributed by atoms with Crippen molar-refractivity contribution in [1.29, 1.82) is 0 Å².